The highest BCUT2D eigenvalue weighted by Gasteiger charge is 2.53. The van der Waals surface area contributed by atoms with Gasteiger partial charge in [-0.25, -0.2) is 4.79 Å². The minimum Gasteiger partial charge on any atom is -0.390 e. The number of hydrogen-bond acceptors (Lipinski definition) is 5. The molecule has 85 heavy (non-hydrogen) atoms. The Morgan fingerprint density at radius 2 is 1.04 bits per heavy atom. The minimum absolute atomic E-state index is 0.0635. The van der Waals surface area contributed by atoms with Gasteiger partial charge in [0.25, 0.3) is 0 Å². The van der Waals surface area contributed by atoms with E-state index in [0.717, 1.165) is 108 Å². The van der Waals surface area contributed by atoms with Gasteiger partial charge in [0, 0.05) is 17.4 Å². The van der Waals surface area contributed by atoms with Crippen LogP contribution in [0.1, 0.15) is 342 Å². The third-order valence-electron chi connectivity index (χ3n) is 23.5. The molecule has 0 aromatic heterocycles. The van der Waals surface area contributed by atoms with Gasteiger partial charge in [0.15, 0.2) is 0 Å². The van der Waals surface area contributed by atoms with Gasteiger partial charge in [0.05, 0.1) is 40.7 Å². The summed E-state index contributed by atoms with van der Waals surface area (Å²) in [6.45, 7) is 38.2. The number of ether oxygens (including phenoxy) is 3. The molecule has 3 heterocycles. The van der Waals surface area contributed by atoms with Crippen molar-refractivity contribution in [2.24, 2.45) is 53.3 Å². The number of carbonyl (C=O) groups excluding carboxylic acids is 1. The number of unbranched alkanes of at least 4 members (excludes halogenated alkanes) is 4. The number of fused-ring (bicyclic) bond motifs is 3. The van der Waals surface area contributed by atoms with Crippen LogP contribution in [0.25, 0.3) is 0 Å². The van der Waals surface area contributed by atoms with Crippen molar-refractivity contribution in [1.82, 2.24) is 0 Å². The molecule has 0 aromatic rings. The molecule has 0 aromatic carbocycles. The zero-order valence-electron chi connectivity index (χ0n) is 58.7. The van der Waals surface area contributed by atoms with Gasteiger partial charge in [-0.15, -0.1) is 0 Å². The zero-order valence-corrected chi connectivity index (χ0v) is 58.7. The van der Waals surface area contributed by atoms with Crippen LogP contribution < -0.4 is 0 Å². The van der Waals surface area contributed by atoms with Gasteiger partial charge in [0.2, 0.25) is 0 Å². The summed E-state index contributed by atoms with van der Waals surface area (Å²) in [7, 11) is 0. The highest BCUT2D eigenvalue weighted by molar-refractivity contribution is 5.51. The lowest BCUT2D eigenvalue weighted by molar-refractivity contribution is -0.139. The Hall–Kier alpha value is -2.01. The van der Waals surface area contributed by atoms with Crippen molar-refractivity contribution in [3.8, 4) is 0 Å². The van der Waals surface area contributed by atoms with Gasteiger partial charge in [-0.2, -0.15) is 0 Å². The maximum atomic E-state index is 11.1. The lowest BCUT2D eigenvalue weighted by Gasteiger charge is -2.55. The number of allylic oxidation sites excluding steroid dienone is 6. The molecule has 0 saturated carbocycles. The molecule has 5 nitrogen and oxygen atoms in total. The van der Waals surface area contributed by atoms with E-state index in [2.05, 4.69) is 128 Å². The summed E-state index contributed by atoms with van der Waals surface area (Å²) in [6, 6.07) is 0. The topological polar surface area (TPSA) is 65.0 Å². The van der Waals surface area contributed by atoms with E-state index in [1.54, 1.807) is 33.4 Å². The van der Waals surface area contributed by atoms with Crippen LogP contribution in [0.5, 0.6) is 0 Å². The number of rotatable bonds is 36. The molecule has 0 radical (unpaired) electrons. The van der Waals surface area contributed by atoms with Gasteiger partial charge < -0.3 is 19.3 Å². The first-order valence-corrected chi connectivity index (χ1v) is 36.8. The largest absolute Gasteiger partial charge is 0.390 e. The minimum atomic E-state index is -0.530. The van der Waals surface area contributed by atoms with E-state index in [4.69, 9.17) is 14.2 Å². The van der Waals surface area contributed by atoms with Crippen molar-refractivity contribution in [1.29, 1.82) is 0 Å². The lowest BCUT2D eigenvalue weighted by atomic mass is 9.59. The SMILES string of the molecule is CCCC/C=C(\C)CCCC(C)CCCC1(C)CCC2=C(C3C(C)CC(C4C(C)CC=C5CCC(C)(CCCC(C)CCC/C(C)=C/CCC(C)=C=O)OC54)=C4CCC(C)(CCCC(C)CCCC(C)(O)CCCCC)OC43)CC(C)C(C)C2O1. The third kappa shape index (κ3) is 21.8. The zero-order chi connectivity index (χ0) is 62.0. The van der Waals surface area contributed by atoms with Gasteiger partial charge in [-0.3, -0.25) is 0 Å². The summed E-state index contributed by atoms with van der Waals surface area (Å²) < 4.78 is 23.3. The van der Waals surface area contributed by atoms with Crippen LogP contribution >= 0.6 is 0 Å². The van der Waals surface area contributed by atoms with Crippen molar-refractivity contribution in [3.63, 3.8) is 0 Å². The van der Waals surface area contributed by atoms with Crippen LogP contribution in [0.4, 0.5) is 0 Å². The predicted octanol–water partition coefficient (Wildman–Crippen LogP) is 23.2. The first-order valence-electron chi connectivity index (χ1n) is 36.8. The Labute approximate surface area is 526 Å². The molecule has 0 amide bonds. The number of aliphatic hydroxyl groups is 1. The molecule has 3 saturated heterocycles. The summed E-state index contributed by atoms with van der Waals surface area (Å²) in [4.78, 5) is 10.9. The second-order valence-electron chi connectivity index (χ2n) is 32.1. The molecule has 3 aliphatic heterocycles. The van der Waals surface area contributed by atoms with E-state index in [0.29, 0.717) is 47.3 Å². The highest BCUT2D eigenvalue weighted by Crippen LogP contribution is 2.58. The van der Waals surface area contributed by atoms with Crippen LogP contribution in [0.2, 0.25) is 0 Å². The Bertz CT molecular complexity index is 2250. The first-order chi connectivity index (χ1) is 40.4. The fraction of sp³-hybridized carbons (Fsp3) is 0.850. The lowest BCUT2D eigenvalue weighted by Crippen LogP contribution is -2.52. The predicted molar refractivity (Wildman–Crippen MR) is 364 cm³/mol. The molecule has 16 unspecified atom stereocenters. The molecule has 3 fully saturated rings. The molecule has 5 heteroatoms. The quantitative estimate of drug-likeness (QED) is 0.0385. The van der Waals surface area contributed by atoms with E-state index in [9.17, 15) is 9.90 Å². The van der Waals surface area contributed by atoms with E-state index in [-0.39, 0.29) is 35.1 Å². The summed E-state index contributed by atoms with van der Waals surface area (Å²) >= 11 is 0. The molecule has 486 valence electrons. The summed E-state index contributed by atoms with van der Waals surface area (Å²) in [5, 5.41) is 11.1. The highest BCUT2D eigenvalue weighted by atomic mass is 16.5. The fourth-order valence-electron chi connectivity index (χ4n) is 17.2. The standard InChI is InChI=1S/C80H136O5/c1-17-19-21-30-57(3)31-23-33-59(5)39-28-49-79(15)52-44-68-70(54-64(10)66(12)74(68)83-79)73-65(11)55-71(69-45-53-80(16,85-76(69)73)50-29-40-61(7)37-26-47-77(13,82)46-22-20-18-2)72-63(9)41-42-67-43-51-78(14,84-75(67)72)48-27-38-60(6)34-24-32-58(4)35-25-36-62(8)56-81/h30,35,42,59-61,63-66,72-76,82H,17-29,31-34,36-41,43-55H2,1-16H3/b57-30+,58-35+. The van der Waals surface area contributed by atoms with E-state index in [1.165, 1.54) is 140 Å². The monoisotopic (exact) mass is 1180 g/mol. The van der Waals surface area contributed by atoms with Gasteiger partial charge in [-0.1, -0.05) is 199 Å². The smallest absolute Gasteiger partial charge is 0.123 e. The molecule has 0 spiro atoms. The fourth-order valence-corrected chi connectivity index (χ4v) is 17.2. The maximum Gasteiger partial charge on any atom is 0.123 e. The van der Waals surface area contributed by atoms with Crippen LogP contribution in [-0.4, -0.2) is 51.8 Å². The van der Waals surface area contributed by atoms with Crippen molar-refractivity contribution < 1.29 is 24.1 Å². The Morgan fingerprint density at radius 3 is 1.59 bits per heavy atom. The van der Waals surface area contributed by atoms with Crippen LogP contribution in [-0.2, 0) is 19.0 Å². The summed E-state index contributed by atoms with van der Waals surface area (Å²) in [5.41, 5.74) is 11.4. The average Bonchev–Trinajstić information content (AvgIpc) is 0.904. The molecule has 16 atom stereocenters. The van der Waals surface area contributed by atoms with Crippen LogP contribution in [0.3, 0.4) is 0 Å². The van der Waals surface area contributed by atoms with Crippen molar-refractivity contribution in [3.05, 3.63) is 62.8 Å². The van der Waals surface area contributed by atoms with Crippen molar-refractivity contribution >= 4 is 5.94 Å². The molecular formula is C80H136O5. The maximum absolute atomic E-state index is 11.1. The normalized spacial score (nSPS) is 32.9. The molecule has 1 N–H and O–H groups in total. The Kier molecular flexibility index (Phi) is 29.2. The average molecular weight is 1180 g/mol. The summed E-state index contributed by atoms with van der Waals surface area (Å²) in [6.07, 6.45) is 50.2. The summed E-state index contributed by atoms with van der Waals surface area (Å²) in [5.74, 6) is 7.10. The number of hydrogen-bond donors (Lipinski definition) is 1. The van der Waals surface area contributed by atoms with Gasteiger partial charge >= 0.3 is 0 Å². The second kappa shape index (κ2) is 34.4. The Morgan fingerprint density at radius 1 is 0.576 bits per heavy atom. The first kappa shape index (κ1) is 72.1. The Balaban J connectivity index is 1.19. The second-order valence-corrected chi connectivity index (χ2v) is 32.1. The van der Waals surface area contributed by atoms with Crippen molar-refractivity contribution in [2.75, 3.05) is 0 Å². The van der Waals surface area contributed by atoms with E-state index in [1.807, 2.05) is 6.92 Å². The molecule has 6 rings (SSSR count). The van der Waals surface area contributed by atoms with E-state index < -0.39 is 5.60 Å². The molecular weight excluding hydrogens is 1040 g/mol. The van der Waals surface area contributed by atoms with Crippen molar-refractivity contribution in [2.45, 2.75) is 383 Å². The van der Waals surface area contributed by atoms with Crippen LogP contribution in [0, 0.1) is 53.3 Å². The third-order valence-corrected chi connectivity index (χ3v) is 23.5. The van der Waals surface area contributed by atoms with Crippen LogP contribution in [0.15, 0.2) is 62.8 Å². The van der Waals surface area contributed by atoms with Gasteiger partial charge in [0.1, 0.15) is 5.94 Å². The molecule has 6 aliphatic rings. The molecule has 3 aliphatic carbocycles. The van der Waals surface area contributed by atoms with Gasteiger partial charge in [-0.05, 0) is 241 Å². The molecule has 0 bridgehead atoms. The van der Waals surface area contributed by atoms with E-state index >= 15 is 0 Å².